The molecule has 1 unspecified atom stereocenters. The van der Waals surface area contributed by atoms with Gasteiger partial charge in [0.05, 0.1) is 23.6 Å². The molecule has 2 aliphatic rings. The number of ether oxygens (including phenoxy) is 1. The van der Waals surface area contributed by atoms with Gasteiger partial charge in [0.2, 0.25) is 15.9 Å². The number of hydrogen-bond acceptors (Lipinski definition) is 4. The molecule has 2 heterocycles. The van der Waals surface area contributed by atoms with Crippen LogP contribution in [-0.2, 0) is 19.6 Å². The maximum Gasteiger partial charge on any atom is 0.245 e. The predicted octanol–water partition coefficient (Wildman–Crippen LogP) is 4.45. The van der Waals surface area contributed by atoms with Crippen LogP contribution < -0.4 is 0 Å². The van der Waals surface area contributed by atoms with Crippen LogP contribution in [0.15, 0.2) is 89.8 Å². The second-order valence-electron chi connectivity index (χ2n) is 9.34. The molecule has 7 heteroatoms. The third-order valence-electron chi connectivity index (χ3n) is 6.66. The van der Waals surface area contributed by atoms with E-state index < -0.39 is 27.8 Å². The van der Waals surface area contributed by atoms with Crippen LogP contribution in [0.25, 0.3) is 0 Å². The Labute approximate surface area is 200 Å². The highest BCUT2D eigenvalue weighted by Crippen LogP contribution is 2.51. The van der Waals surface area contributed by atoms with E-state index in [1.807, 2.05) is 81.4 Å². The average molecular weight is 477 g/mol. The van der Waals surface area contributed by atoms with Gasteiger partial charge in [-0.05, 0) is 44.0 Å². The summed E-state index contributed by atoms with van der Waals surface area (Å²) in [7, 11) is -3.88. The quantitative estimate of drug-likeness (QED) is 0.511. The fourth-order valence-electron chi connectivity index (χ4n) is 4.85. The van der Waals surface area contributed by atoms with E-state index in [9.17, 15) is 13.2 Å². The summed E-state index contributed by atoms with van der Waals surface area (Å²) in [5.74, 6) is -0.249. The molecule has 0 aliphatic carbocycles. The summed E-state index contributed by atoms with van der Waals surface area (Å²) >= 11 is 0. The van der Waals surface area contributed by atoms with E-state index >= 15 is 0 Å². The van der Waals surface area contributed by atoms with Gasteiger partial charge in [-0.15, -0.1) is 0 Å². The summed E-state index contributed by atoms with van der Waals surface area (Å²) < 4.78 is 34.7. The van der Waals surface area contributed by atoms with Crippen molar-refractivity contribution < 1.29 is 17.9 Å². The second-order valence-corrected chi connectivity index (χ2v) is 11.2. The summed E-state index contributed by atoms with van der Waals surface area (Å²) in [6.07, 6.45) is 0. The van der Waals surface area contributed by atoms with Crippen molar-refractivity contribution in [3.63, 3.8) is 0 Å². The Hall–Kier alpha value is -3.00. The number of nitrogens with zero attached hydrogens (tertiary/aromatic N) is 2. The highest BCUT2D eigenvalue weighted by atomic mass is 32.2. The Bertz CT molecular complexity index is 1290. The molecular weight excluding hydrogens is 448 g/mol. The van der Waals surface area contributed by atoms with Crippen molar-refractivity contribution in [2.75, 3.05) is 6.61 Å². The largest absolute Gasteiger partial charge is 0.354 e. The van der Waals surface area contributed by atoms with Crippen molar-refractivity contribution in [1.29, 1.82) is 0 Å². The SMILES string of the molecule is Cc1ccc(S(=O)(=O)N2[C@@H](C(=O)N3[C@H](c4ccccc4)COC3(C)C)[C@@H]2c2ccccc2)cc1. The zero-order valence-corrected chi connectivity index (χ0v) is 20.3. The first-order valence-corrected chi connectivity index (χ1v) is 12.8. The van der Waals surface area contributed by atoms with Crippen LogP contribution >= 0.6 is 0 Å². The molecule has 2 aliphatic heterocycles. The summed E-state index contributed by atoms with van der Waals surface area (Å²) in [4.78, 5) is 16.0. The van der Waals surface area contributed by atoms with Gasteiger partial charge in [-0.2, -0.15) is 4.31 Å². The van der Waals surface area contributed by atoms with E-state index in [-0.39, 0.29) is 16.8 Å². The van der Waals surface area contributed by atoms with Gasteiger partial charge in [-0.3, -0.25) is 4.79 Å². The summed E-state index contributed by atoms with van der Waals surface area (Å²) in [6.45, 7) is 5.97. The van der Waals surface area contributed by atoms with Gasteiger partial charge >= 0.3 is 0 Å². The molecule has 2 fully saturated rings. The van der Waals surface area contributed by atoms with Gasteiger partial charge in [0.1, 0.15) is 11.8 Å². The number of aryl methyl sites for hydroxylation is 1. The van der Waals surface area contributed by atoms with Gasteiger partial charge < -0.3 is 9.64 Å². The summed E-state index contributed by atoms with van der Waals surface area (Å²) in [6, 6.07) is 24.1. The zero-order chi connectivity index (χ0) is 24.1. The van der Waals surface area contributed by atoms with E-state index in [0.717, 1.165) is 16.7 Å². The topological polar surface area (TPSA) is 66.7 Å². The van der Waals surface area contributed by atoms with Crippen LogP contribution in [0, 0.1) is 6.92 Å². The summed E-state index contributed by atoms with van der Waals surface area (Å²) in [5, 5.41) is 0. The molecule has 0 bridgehead atoms. The fraction of sp³-hybridized carbons (Fsp3) is 0.296. The van der Waals surface area contributed by atoms with Crippen LogP contribution in [0.3, 0.4) is 0 Å². The van der Waals surface area contributed by atoms with Crippen LogP contribution in [0.2, 0.25) is 0 Å². The molecule has 5 rings (SSSR count). The van der Waals surface area contributed by atoms with Crippen molar-refractivity contribution in [3.8, 4) is 0 Å². The van der Waals surface area contributed by atoms with Crippen molar-refractivity contribution in [1.82, 2.24) is 9.21 Å². The van der Waals surface area contributed by atoms with E-state index in [4.69, 9.17) is 4.74 Å². The van der Waals surface area contributed by atoms with Crippen LogP contribution in [0.4, 0.5) is 0 Å². The Morgan fingerprint density at radius 2 is 1.44 bits per heavy atom. The molecule has 0 spiro atoms. The lowest BCUT2D eigenvalue weighted by molar-refractivity contribution is -0.146. The Morgan fingerprint density at radius 3 is 2.03 bits per heavy atom. The van der Waals surface area contributed by atoms with Gasteiger partial charge in [0.25, 0.3) is 0 Å². The molecular formula is C27H28N2O4S. The molecule has 3 aromatic rings. The lowest BCUT2D eigenvalue weighted by Gasteiger charge is -2.34. The maximum atomic E-state index is 14.1. The molecule has 4 atom stereocenters. The number of rotatable bonds is 5. The first-order valence-electron chi connectivity index (χ1n) is 11.4. The van der Waals surface area contributed by atoms with Crippen molar-refractivity contribution in [2.24, 2.45) is 0 Å². The molecule has 3 aromatic carbocycles. The normalized spacial score (nSPS) is 25.8. The fourth-order valence-corrected chi connectivity index (χ4v) is 6.56. The number of carbonyl (C=O) groups excluding carboxylic acids is 1. The van der Waals surface area contributed by atoms with E-state index in [2.05, 4.69) is 0 Å². The number of hydrogen-bond donors (Lipinski definition) is 0. The molecule has 0 N–H and O–H groups in total. The summed E-state index contributed by atoms with van der Waals surface area (Å²) in [5.41, 5.74) is 1.87. The minimum atomic E-state index is -3.88. The van der Waals surface area contributed by atoms with Crippen LogP contribution in [-0.4, -0.2) is 41.9 Å². The number of sulfonamides is 1. The van der Waals surface area contributed by atoms with Gasteiger partial charge in [0, 0.05) is 0 Å². The van der Waals surface area contributed by atoms with Gasteiger partial charge in [-0.25, -0.2) is 8.42 Å². The smallest absolute Gasteiger partial charge is 0.245 e. The van der Waals surface area contributed by atoms with Crippen molar-refractivity contribution >= 4 is 15.9 Å². The van der Waals surface area contributed by atoms with Crippen molar-refractivity contribution in [2.45, 2.75) is 49.5 Å². The highest BCUT2D eigenvalue weighted by Gasteiger charge is 2.63. The number of benzene rings is 3. The molecule has 176 valence electrons. The maximum absolute atomic E-state index is 14.1. The standard InChI is InChI=1S/C27H28N2O4S/c1-19-14-16-22(17-15-19)34(31,32)29-24(21-12-8-5-9-13-21)25(29)26(30)28-23(18-33-27(28,2)3)20-10-6-4-7-11-20/h4-17,23-25H,18H2,1-3H3/t23-,24-,25+,29?/m0/s1. The molecule has 0 saturated carbocycles. The molecule has 6 nitrogen and oxygen atoms in total. The Morgan fingerprint density at radius 1 is 0.882 bits per heavy atom. The molecule has 0 radical (unpaired) electrons. The third-order valence-corrected chi connectivity index (χ3v) is 8.53. The first-order chi connectivity index (χ1) is 16.2. The lowest BCUT2D eigenvalue weighted by atomic mass is 10.0. The molecule has 0 aromatic heterocycles. The monoisotopic (exact) mass is 476 g/mol. The lowest BCUT2D eigenvalue weighted by Crippen LogP contribution is -2.47. The second kappa shape index (κ2) is 8.34. The van der Waals surface area contributed by atoms with E-state index in [0.29, 0.717) is 6.61 Å². The number of amides is 1. The Balaban J connectivity index is 1.54. The van der Waals surface area contributed by atoms with Gasteiger partial charge in [-0.1, -0.05) is 78.4 Å². The number of carbonyl (C=O) groups is 1. The third kappa shape index (κ3) is 3.83. The van der Waals surface area contributed by atoms with E-state index in [1.165, 1.54) is 4.31 Å². The molecule has 1 amide bonds. The minimum absolute atomic E-state index is 0.186. The zero-order valence-electron chi connectivity index (χ0n) is 19.5. The van der Waals surface area contributed by atoms with Crippen LogP contribution in [0.1, 0.15) is 42.6 Å². The van der Waals surface area contributed by atoms with Crippen LogP contribution in [0.5, 0.6) is 0 Å². The predicted molar refractivity (Wildman–Crippen MR) is 129 cm³/mol. The average Bonchev–Trinajstić information content (AvgIpc) is 3.52. The highest BCUT2D eigenvalue weighted by molar-refractivity contribution is 7.89. The Kier molecular flexibility index (Phi) is 5.59. The first kappa shape index (κ1) is 22.8. The minimum Gasteiger partial charge on any atom is -0.354 e. The van der Waals surface area contributed by atoms with E-state index in [1.54, 1.807) is 29.2 Å². The molecule has 34 heavy (non-hydrogen) atoms. The van der Waals surface area contributed by atoms with Crippen molar-refractivity contribution in [3.05, 3.63) is 102 Å². The molecule has 2 saturated heterocycles. The van der Waals surface area contributed by atoms with Gasteiger partial charge in [0.15, 0.2) is 0 Å².